The van der Waals surface area contributed by atoms with Gasteiger partial charge < -0.3 is 5.73 Å². The van der Waals surface area contributed by atoms with Gasteiger partial charge in [0.1, 0.15) is 5.82 Å². The fraction of sp³-hybridized carbons (Fsp3) is 0.143. The normalized spacial score (nSPS) is 10.7. The van der Waals surface area contributed by atoms with Crippen LogP contribution in [0.1, 0.15) is 5.56 Å². The summed E-state index contributed by atoms with van der Waals surface area (Å²) in [7, 11) is 0. The van der Waals surface area contributed by atoms with Crippen molar-refractivity contribution in [3.05, 3.63) is 59.4 Å². The van der Waals surface area contributed by atoms with Crippen LogP contribution in [-0.2, 0) is 6.42 Å². The molecular weight excluding hydrogens is 239 g/mol. The fourth-order valence-electron chi connectivity index (χ4n) is 1.82. The smallest absolute Gasteiger partial charge is 0.166 e. The van der Waals surface area contributed by atoms with Crippen molar-refractivity contribution in [2.45, 2.75) is 6.42 Å². The van der Waals surface area contributed by atoms with Gasteiger partial charge in [-0.3, -0.25) is 0 Å². The second-order valence-corrected chi connectivity index (χ2v) is 3.95. The topological polar surface area (TPSA) is 26.0 Å². The van der Waals surface area contributed by atoms with E-state index in [1.165, 1.54) is 30.3 Å². The molecule has 0 atom stereocenters. The average molecular weight is 251 g/mol. The van der Waals surface area contributed by atoms with Crippen molar-refractivity contribution in [3.63, 3.8) is 0 Å². The molecule has 0 saturated heterocycles. The molecule has 2 aromatic carbocycles. The van der Waals surface area contributed by atoms with Gasteiger partial charge in [0, 0.05) is 5.56 Å². The highest BCUT2D eigenvalue weighted by Crippen LogP contribution is 2.26. The van der Waals surface area contributed by atoms with E-state index in [9.17, 15) is 13.2 Å². The first-order valence-electron chi connectivity index (χ1n) is 5.56. The monoisotopic (exact) mass is 251 g/mol. The lowest BCUT2D eigenvalue weighted by Crippen LogP contribution is -2.04. The summed E-state index contributed by atoms with van der Waals surface area (Å²) in [5, 5.41) is 0. The van der Waals surface area contributed by atoms with Gasteiger partial charge in [-0.25, -0.2) is 13.2 Å². The molecule has 0 bridgehead atoms. The maximum absolute atomic E-state index is 13.6. The minimum absolute atomic E-state index is 0.119. The maximum Gasteiger partial charge on any atom is 0.166 e. The lowest BCUT2D eigenvalue weighted by molar-refractivity contribution is 0.511. The summed E-state index contributed by atoms with van der Waals surface area (Å²) < 4.78 is 40.2. The summed E-state index contributed by atoms with van der Waals surface area (Å²) in [6, 6.07) is 8.08. The standard InChI is InChI=1S/C14H12F3N/c15-12-5-4-9(8-10(12)6-7-18)11-2-1-3-13(16)14(11)17/h1-5,8H,6-7,18H2. The predicted octanol–water partition coefficient (Wildman–Crippen LogP) is 3.27. The Labute approximate surface area is 103 Å². The van der Waals surface area contributed by atoms with Gasteiger partial charge >= 0.3 is 0 Å². The van der Waals surface area contributed by atoms with Gasteiger partial charge in [0.25, 0.3) is 0 Å². The van der Waals surface area contributed by atoms with E-state index in [-0.39, 0.29) is 11.4 Å². The molecule has 18 heavy (non-hydrogen) atoms. The molecule has 0 unspecified atom stereocenters. The van der Waals surface area contributed by atoms with Crippen molar-refractivity contribution in [1.82, 2.24) is 0 Å². The van der Waals surface area contributed by atoms with Crippen LogP contribution < -0.4 is 5.73 Å². The van der Waals surface area contributed by atoms with Gasteiger partial charge in [-0.1, -0.05) is 18.2 Å². The van der Waals surface area contributed by atoms with Crippen LogP contribution in [0.2, 0.25) is 0 Å². The molecule has 0 heterocycles. The van der Waals surface area contributed by atoms with Gasteiger partial charge in [-0.05, 0) is 42.3 Å². The zero-order valence-corrected chi connectivity index (χ0v) is 9.59. The molecule has 0 fully saturated rings. The van der Waals surface area contributed by atoms with Crippen molar-refractivity contribution >= 4 is 0 Å². The predicted molar refractivity (Wildman–Crippen MR) is 64.5 cm³/mol. The van der Waals surface area contributed by atoms with Gasteiger partial charge in [-0.15, -0.1) is 0 Å². The van der Waals surface area contributed by atoms with E-state index in [1.54, 1.807) is 0 Å². The third-order valence-corrected chi connectivity index (χ3v) is 2.72. The zero-order chi connectivity index (χ0) is 13.1. The zero-order valence-electron chi connectivity index (χ0n) is 9.59. The molecule has 2 rings (SSSR count). The van der Waals surface area contributed by atoms with E-state index >= 15 is 0 Å². The molecule has 2 aromatic rings. The first kappa shape index (κ1) is 12.6. The summed E-state index contributed by atoms with van der Waals surface area (Å²) >= 11 is 0. The molecule has 4 heteroatoms. The van der Waals surface area contributed by atoms with Crippen LogP contribution in [0.15, 0.2) is 36.4 Å². The third kappa shape index (κ3) is 2.38. The highest BCUT2D eigenvalue weighted by molar-refractivity contribution is 5.65. The van der Waals surface area contributed by atoms with Crippen molar-refractivity contribution in [1.29, 1.82) is 0 Å². The first-order chi connectivity index (χ1) is 8.63. The quantitative estimate of drug-likeness (QED) is 0.890. The molecule has 0 amide bonds. The number of nitrogens with two attached hydrogens (primary N) is 1. The Hall–Kier alpha value is -1.81. The van der Waals surface area contributed by atoms with Gasteiger partial charge in [-0.2, -0.15) is 0 Å². The SMILES string of the molecule is NCCc1cc(-c2cccc(F)c2F)ccc1F. The number of benzene rings is 2. The Bertz CT molecular complexity index is 567. The van der Waals surface area contributed by atoms with Gasteiger partial charge in [0.2, 0.25) is 0 Å². The van der Waals surface area contributed by atoms with Crippen LogP contribution in [0.25, 0.3) is 11.1 Å². The minimum Gasteiger partial charge on any atom is -0.330 e. The summed E-state index contributed by atoms with van der Waals surface area (Å²) in [5.74, 6) is -2.24. The molecular formula is C14H12F3N. The second-order valence-electron chi connectivity index (χ2n) is 3.95. The molecule has 1 nitrogen and oxygen atoms in total. The van der Waals surface area contributed by atoms with Crippen molar-refractivity contribution in [2.75, 3.05) is 6.54 Å². The lowest BCUT2D eigenvalue weighted by Gasteiger charge is -2.07. The summed E-state index contributed by atoms with van der Waals surface area (Å²) in [6.07, 6.45) is 0.358. The van der Waals surface area contributed by atoms with Crippen LogP contribution in [0.5, 0.6) is 0 Å². The molecule has 0 aromatic heterocycles. The Morgan fingerprint density at radius 3 is 2.44 bits per heavy atom. The van der Waals surface area contributed by atoms with Crippen LogP contribution in [0.4, 0.5) is 13.2 Å². The van der Waals surface area contributed by atoms with E-state index in [0.29, 0.717) is 24.1 Å². The maximum atomic E-state index is 13.6. The average Bonchev–Trinajstić information content (AvgIpc) is 2.36. The molecule has 0 aliphatic carbocycles. The van der Waals surface area contributed by atoms with E-state index in [4.69, 9.17) is 5.73 Å². The molecule has 0 aliphatic heterocycles. The Morgan fingerprint density at radius 2 is 1.72 bits per heavy atom. The lowest BCUT2D eigenvalue weighted by atomic mass is 10.0. The summed E-state index contributed by atoms with van der Waals surface area (Å²) in [4.78, 5) is 0. The van der Waals surface area contributed by atoms with Crippen molar-refractivity contribution in [3.8, 4) is 11.1 Å². The highest BCUT2D eigenvalue weighted by atomic mass is 19.2. The van der Waals surface area contributed by atoms with Crippen molar-refractivity contribution in [2.24, 2.45) is 5.73 Å². The minimum atomic E-state index is -0.928. The molecule has 2 N–H and O–H groups in total. The van der Waals surface area contributed by atoms with Crippen LogP contribution in [0.3, 0.4) is 0 Å². The van der Waals surface area contributed by atoms with E-state index in [0.717, 1.165) is 6.07 Å². The molecule has 0 saturated carbocycles. The Kier molecular flexibility index (Phi) is 3.67. The number of hydrogen-bond acceptors (Lipinski definition) is 1. The Balaban J connectivity index is 2.51. The first-order valence-corrected chi connectivity index (χ1v) is 5.56. The molecule has 0 spiro atoms. The largest absolute Gasteiger partial charge is 0.330 e. The van der Waals surface area contributed by atoms with Gasteiger partial charge in [0.15, 0.2) is 11.6 Å². The molecule has 94 valence electrons. The van der Waals surface area contributed by atoms with Crippen LogP contribution >= 0.6 is 0 Å². The van der Waals surface area contributed by atoms with E-state index in [1.807, 2.05) is 0 Å². The number of halogens is 3. The summed E-state index contributed by atoms with van der Waals surface area (Å²) in [5.41, 5.74) is 6.33. The van der Waals surface area contributed by atoms with Crippen LogP contribution in [0, 0.1) is 17.5 Å². The summed E-state index contributed by atoms with van der Waals surface area (Å²) in [6.45, 7) is 0.298. The van der Waals surface area contributed by atoms with E-state index in [2.05, 4.69) is 0 Å². The fourth-order valence-corrected chi connectivity index (χ4v) is 1.82. The van der Waals surface area contributed by atoms with Crippen LogP contribution in [-0.4, -0.2) is 6.54 Å². The highest BCUT2D eigenvalue weighted by Gasteiger charge is 2.11. The Morgan fingerprint density at radius 1 is 0.944 bits per heavy atom. The third-order valence-electron chi connectivity index (χ3n) is 2.72. The number of rotatable bonds is 3. The molecule has 0 radical (unpaired) electrons. The van der Waals surface area contributed by atoms with Crippen molar-refractivity contribution < 1.29 is 13.2 Å². The second kappa shape index (κ2) is 5.23. The number of hydrogen-bond donors (Lipinski definition) is 1. The molecule has 0 aliphatic rings. The van der Waals surface area contributed by atoms with Gasteiger partial charge in [0.05, 0.1) is 0 Å². The van der Waals surface area contributed by atoms with E-state index < -0.39 is 11.6 Å².